The van der Waals surface area contributed by atoms with Crippen LogP contribution in [0.5, 0.6) is 0 Å². The number of aromatic nitrogens is 1. The fourth-order valence-corrected chi connectivity index (χ4v) is 1.36. The van der Waals surface area contributed by atoms with Crippen LogP contribution in [-0.2, 0) is 9.53 Å². The summed E-state index contributed by atoms with van der Waals surface area (Å²) in [5, 5.41) is 9.54. The summed E-state index contributed by atoms with van der Waals surface area (Å²) in [4.78, 5) is 15.0. The average molecular weight is 301 g/mol. The minimum absolute atomic E-state index is 0.0292. The largest absolute Gasteiger partial charge is 0.465 e. The van der Waals surface area contributed by atoms with E-state index in [0.29, 0.717) is 11.6 Å². The Kier molecular flexibility index (Phi) is 5.89. The molecule has 0 aromatic carbocycles. The molecule has 0 bridgehead atoms. The molecular weight excluding hydrogens is 287 g/mol. The van der Waals surface area contributed by atoms with Crippen molar-refractivity contribution in [3.05, 3.63) is 36.2 Å². The van der Waals surface area contributed by atoms with Gasteiger partial charge < -0.3 is 10.1 Å². The second-order valence-corrected chi connectivity index (χ2v) is 3.87. The molecule has 0 saturated carbocycles. The molecule has 114 valence electrons. The highest BCUT2D eigenvalue weighted by atomic mass is 19.4. The molecule has 0 unspecified atom stereocenters. The van der Waals surface area contributed by atoms with Crippen LogP contribution in [0.3, 0.4) is 0 Å². The lowest BCUT2D eigenvalue weighted by molar-refractivity contribution is -0.141. The molecule has 0 fully saturated rings. The topological polar surface area (TPSA) is 75.1 Å². The van der Waals surface area contributed by atoms with Crippen molar-refractivity contribution in [2.45, 2.75) is 13.1 Å². The van der Waals surface area contributed by atoms with E-state index in [9.17, 15) is 18.0 Å². The number of hydrogen-bond donors (Lipinski definition) is 2. The van der Waals surface area contributed by atoms with Crippen molar-refractivity contribution >= 4 is 17.4 Å². The van der Waals surface area contributed by atoms with Gasteiger partial charge in [0, 0.05) is 23.7 Å². The fourth-order valence-electron chi connectivity index (χ4n) is 1.36. The van der Waals surface area contributed by atoms with Gasteiger partial charge in [0.1, 0.15) is 12.3 Å². The van der Waals surface area contributed by atoms with Gasteiger partial charge in [-0.15, -0.1) is 0 Å². The molecule has 8 heteroatoms. The van der Waals surface area contributed by atoms with Gasteiger partial charge in [-0.25, -0.2) is 0 Å². The number of hydrogen-bond acceptors (Lipinski definition) is 5. The normalized spacial score (nSPS) is 11.9. The van der Waals surface area contributed by atoms with E-state index in [1.165, 1.54) is 24.5 Å². The Labute approximate surface area is 119 Å². The molecule has 0 spiro atoms. The number of halogens is 3. The predicted molar refractivity (Wildman–Crippen MR) is 70.6 cm³/mol. The van der Waals surface area contributed by atoms with Gasteiger partial charge in [0.2, 0.25) is 0 Å². The molecular formula is C13H14F3N3O2. The van der Waals surface area contributed by atoms with Crippen molar-refractivity contribution in [1.82, 2.24) is 10.3 Å². The zero-order valence-corrected chi connectivity index (χ0v) is 11.2. The van der Waals surface area contributed by atoms with Gasteiger partial charge in [0.25, 0.3) is 0 Å². The Hall–Kier alpha value is -2.38. The SMILES string of the molecule is CCOC(=O)CN/C(=C\C(=N)C(F)(F)F)c1cccnc1. The molecule has 21 heavy (non-hydrogen) atoms. The molecule has 0 saturated heterocycles. The number of alkyl halides is 3. The molecule has 1 aromatic heterocycles. The summed E-state index contributed by atoms with van der Waals surface area (Å²) in [5.74, 6) is -0.606. The molecule has 0 radical (unpaired) electrons. The van der Waals surface area contributed by atoms with Gasteiger partial charge in [-0.05, 0) is 25.1 Å². The second kappa shape index (κ2) is 7.41. The van der Waals surface area contributed by atoms with Crippen LogP contribution < -0.4 is 5.32 Å². The van der Waals surface area contributed by atoms with Gasteiger partial charge in [-0.1, -0.05) is 0 Å². The van der Waals surface area contributed by atoms with E-state index >= 15 is 0 Å². The molecule has 0 aliphatic carbocycles. The number of pyridine rings is 1. The maximum Gasteiger partial charge on any atom is 0.432 e. The first-order valence-electron chi connectivity index (χ1n) is 6.02. The van der Waals surface area contributed by atoms with Crippen LogP contribution in [0, 0.1) is 5.41 Å². The van der Waals surface area contributed by atoms with Crippen LogP contribution in [0.25, 0.3) is 5.70 Å². The van der Waals surface area contributed by atoms with Gasteiger partial charge in [0.05, 0.1) is 6.61 Å². The summed E-state index contributed by atoms with van der Waals surface area (Å²) < 4.78 is 42.0. The van der Waals surface area contributed by atoms with Gasteiger partial charge >= 0.3 is 12.1 Å². The van der Waals surface area contributed by atoms with Crippen LogP contribution in [-0.4, -0.2) is 36.0 Å². The molecule has 0 atom stereocenters. The van der Waals surface area contributed by atoms with E-state index in [4.69, 9.17) is 5.41 Å². The number of carbonyl (C=O) groups excluding carboxylic acids is 1. The highest BCUT2D eigenvalue weighted by molar-refractivity contribution is 6.02. The predicted octanol–water partition coefficient (Wildman–Crippen LogP) is 2.16. The van der Waals surface area contributed by atoms with Crippen molar-refractivity contribution in [3.63, 3.8) is 0 Å². The Morgan fingerprint density at radius 2 is 2.24 bits per heavy atom. The van der Waals surface area contributed by atoms with Crippen molar-refractivity contribution in [1.29, 1.82) is 5.41 Å². The number of carbonyl (C=O) groups is 1. The molecule has 1 rings (SSSR count). The number of nitrogens with zero attached hydrogens (tertiary/aromatic N) is 1. The molecule has 0 aliphatic heterocycles. The highest BCUT2D eigenvalue weighted by Gasteiger charge is 2.33. The average Bonchev–Trinajstić information content (AvgIpc) is 2.43. The third-order valence-corrected chi connectivity index (χ3v) is 2.30. The van der Waals surface area contributed by atoms with E-state index in [-0.39, 0.29) is 18.8 Å². The van der Waals surface area contributed by atoms with Crippen LogP contribution in [0.15, 0.2) is 30.6 Å². The molecule has 5 nitrogen and oxygen atoms in total. The first-order valence-corrected chi connectivity index (χ1v) is 6.02. The second-order valence-electron chi connectivity index (χ2n) is 3.87. The quantitative estimate of drug-likeness (QED) is 0.623. The molecule has 2 N–H and O–H groups in total. The zero-order valence-electron chi connectivity index (χ0n) is 11.2. The highest BCUT2D eigenvalue weighted by Crippen LogP contribution is 2.19. The Bertz CT molecular complexity index is 527. The van der Waals surface area contributed by atoms with Crippen LogP contribution in [0.4, 0.5) is 13.2 Å². The maximum atomic E-state index is 12.4. The Morgan fingerprint density at radius 1 is 1.52 bits per heavy atom. The number of rotatable bonds is 6. The van der Waals surface area contributed by atoms with Crippen molar-refractivity contribution in [2.75, 3.05) is 13.2 Å². The molecule has 0 amide bonds. The van der Waals surface area contributed by atoms with E-state index in [1.54, 1.807) is 6.92 Å². The minimum Gasteiger partial charge on any atom is -0.465 e. The number of nitrogens with one attached hydrogen (secondary N) is 2. The van der Waals surface area contributed by atoms with Crippen LogP contribution in [0.1, 0.15) is 12.5 Å². The van der Waals surface area contributed by atoms with E-state index in [0.717, 1.165) is 0 Å². The third-order valence-electron chi connectivity index (χ3n) is 2.30. The number of ether oxygens (including phenoxy) is 1. The summed E-state index contributed by atoms with van der Waals surface area (Å²) in [6.07, 6.45) is -1.37. The van der Waals surface area contributed by atoms with E-state index < -0.39 is 17.9 Å². The van der Waals surface area contributed by atoms with Crippen LogP contribution in [0.2, 0.25) is 0 Å². The smallest absolute Gasteiger partial charge is 0.432 e. The van der Waals surface area contributed by atoms with Crippen molar-refractivity contribution in [3.8, 4) is 0 Å². The number of esters is 1. The van der Waals surface area contributed by atoms with Crippen molar-refractivity contribution in [2.24, 2.45) is 0 Å². The standard InChI is InChI=1S/C13H14F3N3O2/c1-2-21-12(20)8-19-10(6-11(17)13(14,15)16)9-4-3-5-18-7-9/h3-7,17,19H,2,8H2,1H3/b10-6-,17-11?. The van der Waals surface area contributed by atoms with Gasteiger partial charge in [-0.3, -0.25) is 15.2 Å². The first kappa shape index (κ1) is 16.7. The lowest BCUT2D eigenvalue weighted by Gasteiger charge is -2.12. The van der Waals surface area contributed by atoms with Crippen molar-refractivity contribution < 1.29 is 22.7 Å². The van der Waals surface area contributed by atoms with E-state index in [2.05, 4.69) is 15.0 Å². The first-order chi connectivity index (χ1) is 9.84. The van der Waals surface area contributed by atoms with Gasteiger partial charge in [-0.2, -0.15) is 13.2 Å². The number of allylic oxidation sites excluding steroid dienone is 1. The Balaban J connectivity index is 2.94. The zero-order chi connectivity index (χ0) is 15.9. The lowest BCUT2D eigenvalue weighted by Crippen LogP contribution is -2.26. The lowest BCUT2D eigenvalue weighted by atomic mass is 10.1. The third kappa shape index (κ3) is 5.64. The minimum atomic E-state index is -4.76. The summed E-state index contributed by atoms with van der Waals surface area (Å²) in [7, 11) is 0. The monoisotopic (exact) mass is 301 g/mol. The van der Waals surface area contributed by atoms with E-state index in [1.807, 2.05) is 0 Å². The van der Waals surface area contributed by atoms with Crippen LogP contribution >= 0.6 is 0 Å². The summed E-state index contributed by atoms with van der Waals surface area (Å²) in [6, 6.07) is 3.05. The fraction of sp³-hybridized carbons (Fsp3) is 0.308. The summed E-state index contributed by atoms with van der Waals surface area (Å²) in [6.45, 7) is 1.49. The van der Waals surface area contributed by atoms with Gasteiger partial charge in [0.15, 0.2) is 0 Å². The summed E-state index contributed by atoms with van der Waals surface area (Å²) in [5.41, 5.74) is -1.23. The molecule has 1 aromatic rings. The molecule has 0 aliphatic rings. The molecule has 1 heterocycles. The maximum absolute atomic E-state index is 12.4. The summed E-state index contributed by atoms with van der Waals surface area (Å²) >= 11 is 0. The Morgan fingerprint density at radius 3 is 2.76 bits per heavy atom.